The fourth-order valence-corrected chi connectivity index (χ4v) is 8.81. The minimum absolute atomic E-state index is 0.0766. The van der Waals surface area contributed by atoms with Crippen LogP contribution in [0, 0.1) is 46.3 Å². The van der Waals surface area contributed by atoms with Gasteiger partial charge in [-0.15, -0.1) is 0 Å². The molecule has 8 atom stereocenters. The number of carboxylic acid groups (broad SMARTS) is 1. The molecule has 3 heteroatoms. The normalized spacial score (nSPS) is 40.0. The number of fused-ring (bicyclic) bond motifs is 5. The number of allylic oxidation sites excluding steroid dienone is 2. The molecule has 0 aromatic carbocycles. The lowest BCUT2D eigenvalue weighted by molar-refractivity contribution is -0.131. The molecule has 3 nitrogen and oxygen atoms in total. The Labute approximate surface area is 209 Å². The molecule has 1 unspecified atom stereocenters. The molecule has 0 spiro atoms. The lowest BCUT2D eigenvalue weighted by Gasteiger charge is -2.58. The quantitative estimate of drug-likeness (QED) is 0.304. The second-order valence-electron chi connectivity index (χ2n) is 13.0. The second kappa shape index (κ2) is 11.3. The van der Waals surface area contributed by atoms with Crippen molar-refractivity contribution in [2.75, 3.05) is 0 Å². The van der Waals surface area contributed by atoms with Gasteiger partial charge in [0.05, 0.1) is 6.10 Å². The van der Waals surface area contributed by atoms with Gasteiger partial charge in [-0.25, -0.2) is 4.79 Å². The highest BCUT2D eigenvalue weighted by atomic mass is 16.4. The Balaban J connectivity index is 0.000000481. The van der Waals surface area contributed by atoms with E-state index in [1.165, 1.54) is 63.9 Å². The zero-order valence-electron chi connectivity index (χ0n) is 22.9. The van der Waals surface area contributed by atoms with Crippen molar-refractivity contribution in [3.8, 4) is 0 Å². The molecule has 0 bridgehead atoms. The first-order valence-electron chi connectivity index (χ1n) is 14.3. The molecule has 0 aliphatic heterocycles. The Hall–Kier alpha value is -1.09. The van der Waals surface area contributed by atoms with Gasteiger partial charge in [0.15, 0.2) is 0 Å². The van der Waals surface area contributed by atoms with Gasteiger partial charge in [-0.05, 0) is 105 Å². The van der Waals surface area contributed by atoms with E-state index in [0.29, 0.717) is 10.8 Å². The summed E-state index contributed by atoms with van der Waals surface area (Å²) in [5, 5.41) is 18.0. The van der Waals surface area contributed by atoms with Crippen LogP contribution in [0.3, 0.4) is 0 Å². The number of carboxylic acids is 1. The van der Waals surface area contributed by atoms with Gasteiger partial charge in [-0.2, -0.15) is 0 Å². The fraction of sp³-hybridized carbons (Fsp3) is 0.839. The van der Waals surface area contributed by atoms with E-state index < -0.39 is 5.97 Å². The Morgan fingerprint density at radius 2 is 1.82 bits per heavy atom. The summed E-state index contributed by atoms with van der Waals surface area (Å²) in [7, 11) is 0. The summed E-state index contributed by atoms with van der Waals surface area (Å²) < 4.78 is 0. The van der Waals surface area contributed by atoms with Crippen molar-refractivity contribution < 1.29 is 15.0 Å². The molecule has 4 aliphatic rings. The van der Waals surface area contributed by atoms with Crippen LogP contribution in [0.15, 0.2) is 23.8 Å². The zero-order valence-corrected chi connectivity index (χ0v) is 22.9. The molecule has 0 heterocycles. The summed E-state index contributed by atoms with van der Waals surface area (Å²) in [6.07, 6.45) is 19.7. The summed E-state index contributed by atoms with van der Waals surface area (Å²) in [6, 6.07) is 0. The van der Waals surface area contributed by atoms with E-state index in [1.807, 2.05) is 0 Å². The molecule has 0 amide bonds. The van der Waals surface area contributed by atoms with Gasteiger partial charge in [-0.3, -0.25) is 0 Å². The molecule has 2 N–H and O–H groups in total. The first kappa shape index (κ1) is 27.5. The third-order valence-electron chi connectivity index (χ3n) is 10.6. The molecule has 4 aliphatic carbocycles. The molecule has 0 radical (unpaired) electrons. The summed E-state index contributed by atoms with van der Waals surface area (Å²) in [6.45, 7) is 14.2. The van der Waals surface area contributed by atoms with Gasteiger partial charge >= 0.3 is 5.97 Å². The summed E-state index contributed by atoms with van der Waals surface area (Å²) in [5.41, 5.74) is 2.60. The van der Waals surface area contributed by atoms with Crippen LogP contribution in [-0.2, 0) is 4.79 Å². The van der Waals surface area contributed by atoms with Gasteiger partial charge in [0.25, 0.3) is 0 Å². The zero-order chi connectivity index (χ0) is 25.1. The minimum atomic E-state index is -0.891. The highest BCUT2D eigenvalue weighted by Gasteiger charge is 2.59. The SMILES string of the molecule is C/C=C/C(=O)O.CC(C)CCCC(C)[C@H]1CC[C@H]2[C@@H]3CC=C4C[C@@H](O)CC[C@]4(C)[C@H]3CC[C@]12C. The Bertz CT molecular complexity index is 752. The van der Waals surface area contributed by atoms with Crippen LogP contribution in [0.4, 0.5) is 0 Å². The molecule has 0 aromatic heterocycles. The van der Waals surface area contributed by atoms with Crippen molar-refractivity contribution in [3.05, 3.63) is 23.8 Å². The molecule has 3 saturated carbocycles. The van der Waals surface area contributed by atoms with Crippen molar-refractivity contribution in [2.24, 2.45) is 46.3 Å². The number of aliphatic hydroxyl groups excluding tert-OH is 1. The number of aliphatic hydroxyl groups is 1. The maximum atomic E-state index is 10.2. The van der Waals surface area contributed by atoms with E-state index in [9.17, 15) is 9.90 Å². The highest BCUT2D eigenvalue weighted by molar-refractivity contribution is 5.79. The second-order valence-corrected chi connectivity index (χ2v) is 13.0. The molecule has 194 valence electrons. The Kier molecular flexibility index (Phi) is 9.15. The summed E-state index contributed by atoms with van der Waals surface area (Å²) in [5.74, 6) is 4.57. The van der Waals surface area contributed by atoms with Gasteiger partial charge in [0.1, 0.15) is 0 Å². The van der Waals surface area contributed by atoms with E-state index in [2.05, 4.69) is 40.7 Å². The van der Waals surface area contributed by atoms with Crippen molar-refractivity contribution in [3.63, 3.8) is 0 Å². The minimum Gasteiger partial charge on any atom is -0.478 e. The lowest BCUT2D eigenvalue weighted by Crippen LogP contribution is -2.50. The third kappa shape index (κ3) is 5.66. The van der Waals surface area contributed by atoms with Crippen LogP contribution in [0.5, 0.6) is 0 Å². The van der Waals surface area contributed by atoms with Gasteiger partial charge in [-0.1, -0.05) is 71.6 Å². The first-order chi connectivity index (χ1) is 16.0. The van der Waals surface area contributed by atoms with E-state index in [-0.39, 0.29) is 6.10 Å². The van der Waals surface area contributed by atoms with Crippen molar-refractivity contribution in [1.29, 1.82) is 0 Å². The van der Waals surface area contributed by atoms with Crippen molar-refractivity contribution in [2.45, 2.75) is 118 Å². The number of hydrogen-bond acceptors (Lipinski definition) is 2. The summed E-state index contributed by atoms with van der Waals surface area (Å²) in [4.78, 5) is 9.51. The van der Waals surface area contributed by atoms with Crippen LogP contribution in [0.2, 0.25) is 0 Å². The van der Waals surface area contributed by atoms with Crippen LogP contribution in [-0.4, -0.2) is 22.3 Å². The number of carbonyl (C=O) groups is 1. The van der Waals surface area contributed by atoms with Crippen molar-refractivity contribution in [1.82, 2.24) is 0 Å². The first-order valence-corrected chi connectivity index (χ1v) is 14.3. The largest absolute Gasteiger partial charge is 0.478 e. The number of aliphatic carboxylic acids is 1. The van der Waals surface area contributed by atoms with Crippen LogP contribution in [0.1, 0.15) is 112 Å². The van der Waals surface area contributed by atoms with E-state index in [1.54, 1.807) is 12.5 Å². The van der Waals surface area contributed by atoms with Gasteiger partial charge in [0, 0.05) is 6.08 Å². The van der Waals surface area contributed by atoms with Crippen LogP contribution in [0.25, 0.3) is 0 Å². The van der Waals surface area contributed by atoms with Gasteiger partial charge < -0.3 is 10.2 Å². The molecule has 0 saturated heterocycles. The predicted molar refractivity (Wildman–Crippen MR) is 142 cm³/mol. The van der Waals surface area contributed by atoms with E-state index in [0.717, 1.165) is 54.4 Å². The third-order valence-corrected chi connectivity index (χ3v) is 10.6. The standard InChI is InChI=1S/C27H46O.C4H6O2/c1-18(2)7-6-8-19(3)23-11-12-24-22-10-9-20-17-21(28)13-15-26(20,4)25(22)14-16-27(23,24)5;1-2-3-4(5)6/h9,18-19,21-25,28H,6-8,10-17H2,1-5H3;2-3H,1H3,(H,5,6)/b;3-2+/t19?,21-,22-,23+,24-,25-,26-,27+;/m0./s1. The number of hydrogen-bond donors (Lipinski definition) is 2. The van der Waals surface area contributed by atoms with Gasteiger partial charge in [0.2, 0.25) is 0 Å². The van der Waals surface area contributed by atoms with Crippen LogP contribution < -0.4 is 0 Å². The molecule has 3 fully saturated rings. The molecular weight excluding hydrogens is 420 g/mol. The predicted octanol–water partition coefficient (Wildman–Crippen LogP) is 8.04. The maximum absolute atomic E-state index is 10.2. The average Bonchev–Trinajstić information content (AvgIpc) is 3.11. The lowest BCUT2D eigenvalue weighted by atomic mass is 9.47. The Morgan fingerprint density at radius 1 is 1.09 bits per heavy atom. The molecule has 4 rings (SSSR count). The fourth-order valence-electron chi connectivity index (χ4n) is 8.81. The highest BCUT2D eigenvalue weighted by Crippen LogP contribution is 2.67. The molecular formula is C31H52O3. The van der Waals surface area contributed by atoms with E-state index in [4.69, 9.17) is 5.11 Å². The average molecular weight is 473 g/mol. The number of rotatable bonds is 6. The molecule has 0 aromatic rings. The summed E-state index contributed by atoms with van der Waals surface area (Å²) >= 11 is 0. The topological polar surface area (TPSA) is 57.5 Å². The molecule has 34 heavy (non-hydrogen) atoms. The monoisotopic (exact) mass is 472 g/mol. The maximum Gasteiger partial charge on any atom is 0.327 e. The van der Waals surface area contributed by atoms with Crippen molar-refractivity contribution >= 4 is 5.97 Å². The smallest absolute Gasteiger partial charge is 0.327 e. The van der Waals surface area contributed by atoms with E-state index >= 15 is 0 Å². The van der Waals surface area contributed by atoms with Crippen LogP contribution >= 0.6 is 0 Å². The Morgan fingerprint density at radius 3 is 2.44 bits per heavy atom.